The van der Waals surface area contributed by atoms with Gasteiger partial charge >= 0.3 is 0 Å². The summed E-state index contributed by atoms with van der Waals surface area (Å²) in [7, 11) is 1.75. The minimum atomic E-state index is 0.531. The molecule has 18 heavy (non-hydrogen) atoms. The molecule has 2 heterocycles. The van der Waals surface area contributed by atoms with Gasteiger partial charge in [0, 0.05) is 52.1 Å². The number of aromatic nitrogens is 2. The highest BCUT2D eigenvalue weighted by Crippen LogP contribution is 2.16. The number of aryl methyl sites for hydroxylation is 2. The molecule has 0 bridgehead atoms. The van der Waals surface area contributed by atoms with Crippen LogP contribution in [-0.4, -0.2) is 48.9 Å². The van der Waals surface area contributed by atoms with E-state index in [0.717, 1.165) is 50.8 Å². The van der Waals surface area contributed by atoms with Gasteiger partial charge < -0.3 is 19.5 Å². The van der Waals surface area contributed by atoms with E-state index >= 15 is 0 Å². The Hall–Kier alpha value is -1.07. The number of nitrogens with one attached hydrogen (secondary N) is 1. The molecule has 1 fully saturated rings. The van der Waals surface area contributed by atoms with Gasteiger partial charge in [0.15, 0.2) is 0 Å². The summed E-state index contributed by atoms with van der Waals surface area (Å²) in [4.78, 5) is 7.04. The number of hydrogen-bond donors (Lipinski definition) is 1. The normalized spacial score (nSPS) is 20.4. The van der Waals surface area contributed by atoms with Crippen molar-refractivity contribution in [1.29, 1.82) is 0 Å². The van der Waals surface area contributed by atoms with Crippen molar-refractivity contribution in [2.45, 2.75) is 32.9 Å². The Labute approximate surface area is 109 Å². The summed E-state index contributed by atoms with van der Waals surface area (Å²) in [5.41, 5.74) is 1.09. The van der Waals surface area contributed by atoms with Crippen LogP contribution in [-0.2, 0) is 11.3 Å². The Bertz CT molecular complexity index is 377. The van der Waals surface area contributed by atoms with Crippen LogP contribution in [0, 0.1) is 6.92 Å². The van der Waals surface area contributed by atoms with Gasteiger partial charge in [-0.15, -0.1) is 0 Å². The summed E-state index contributed by atoms with van der Waals surface area (Å²) < 4.78 is 7.37. The molecule has 1 aliphatic rings. The molecule has 1 aromatic rings. The first kappa shape index (κ1) is 13.4. The van der Waals surface area contributed by atoms with Gasteiger partial charge in [-0.3, -0.25) is 0 Å². The van der Waals surface area contributed by atoms with E-state index in [0.29, 0.717) is 6.04 Å². The summed E-state index contributed by atoms with van der Waals surface area (Å²) in [6.45, 7) is 9.15. The summed E-state index contributed by atoms with van der Waals surface area (Å²) >= 11 is 0. The summed E-state index contributed by atoms with van der Waals surface area (Å²) in [6.07, 6.45) is 3.17. The first-order valence-corrected chi connectivity index (χ1v) is 6.71. The molecule has 1 atom stereocenters. The minimum absolute atomic E-state index is 0.531. The molecule has 0 amide bonds. The lowest BCUT2D eigenvalue weighted by Gasteiger charge is -2.32. The van der Waals surface area contributed by atoms with Crippen molar-refractivity contribution in [1.82, 2.24) is 14.9 Å². The molecule has 2 rings (SSSR count). The largest absolute Gasteiger partial charge is 0.385 e. The number of piperazine rings is 1. The smallest absolute Gasteiger partial charge is 0.205 e. The van der Waals surface area contributed by atoms with E-state index in [1.54, 1.807) is 7.11 Å². The molecule has 0 saturated carbocycles. The van der Waals surface area contributed by atoms with Crippen molar-refractivity contribution in [2.75, 3.05) is 38.3 Å². The van der Waals surface area contributed by atoms with E-state index < -0.39 is 0 Å². The quantitative estimate of drug-likeness (QED) is 0.795. The van der Waals surface area contributed by atoms with Crippen molar-refractivity contribution < 1.29 is 4.74 Å². The van der Waals surface area contributed by atoms with Crippen molar-refractivity contribution >= 4 is 5.95 Å². The summed E-state index contributed by atoms with van der Waals surface area (Å²) in [6, 6.07) is 0.531. The second-order valence-electron chi connectivity index (χ2n) is 5.02. The van der Waals surface area contributed by atoms with Crippen LogP contribution in [0.15, 0.2) is 6.20 Å². The van der Waals surface area contributed by atoms with Crippen LogP contribution in [0.25, 0.3) is 0 Å². The first-order chi connectivity index (χ1) is 8.70. The standard InChI is InChI=1S/C13H24N4O/c1-11-9-17(7-5-14-11)13-15-12(2)10-16(13)6-4-8-18-3/h10-11,14H,4-9H2,1-3H3. The highest BCUT2D eigenvalue weighted by molar-refractivity contribution is 5.34. The summed E-state index contributed by atoms with van der Waals surface area (Å²) in [5, 5.41) is 3.46. The predicted octanol–water partition coefficient (Wildman–Crippen LogP) is 1.03. The van der Waals surface area contributed by atoms with Gasteiger partial charge in [0.25, 0.3) is 0 Å². The monoisotopic (exact) mass is 252 g/mol. The fourth-order valence-electron chi connectivity index (χ4n) is 2.44. The molecular formula is C13H24N4O. The lowest BCUT2D eigenvalue weighted by atomic mass is 10.2. The number of hydrogen-bond acceptors (Lipinski definition) is 4. The molecule has 0 aromatic carbocycles. The van der Waals surface area contributed by atoms with Gasteiger partial charge in [0.2, 0.25) is 5.95 Å². The molecule has 5 heteroatoms. The zero-order valence-electron chi connectivity index (χ0n) is 11.6. The maximum atomic E-state index is 5.12. The highest BCUT2D eigenvalue weighted by atomic mass is 16.5. The zero-order chi connectivity index (χ0) is 13.0. The molecule has 1 saturated heterocycles. The van der Waals surface area contributed by atoms with E-state index in [9.17, 15) is 0 Å². The molecular weight excluding hydrogens is 228 g/mol. The van der Waals surface area contributed by atoms with Crippen LogP contribution in [0.1, 0.15) is 19.0 Å². The van der Waals surface area contributed by atoms with Crippen LogP contribution < -0.4 is 10.2 Å². The van der Waals surface area contributed by atoms with E-state index in [2.05, 4.69) is 39.8 Å². The number of rotatable bonds is 5. The van der Waals surface area contributed by atoms with Crippen LogP contribution in [0.4, 0.5) is 5.95 Å². The van der Waals surface area contributed by atoms with Gasteiger partial charge in [-0.05, 0) is 20.3 Å². The van der Waals surface area contributed by atoms with Gasteiger partial charge in [0.05, 0.1) is 5.69 Å². The first-order valence-electron chi connectivity index (χ1n) is 6.71. The van der Waals surface area contributed by atoms with Gasteiger partial charge in [-0.25, -0.2) is 4.98 Å². The minimum Gasteiger partial charge on any atom is -0.385 e. The lowest BCUT2D eigenvalue weighted by Crippen LogP contribution is -2.50. The second-order valence-corrected chi connectivity index (χ2v) is 5.02. The molecule has 0 spiro atoms. The van der Waals surface area contributed by atoms with Crippen molar-refractivity contribution in [3.8, 4) is 0 Å². The highest BCUT2D eigenvalue weighted by Gasteiger charge is 2.20. The molecule has 0 radical (unpaired) electrons. The molecule has 1 aromatic heterocycles. The third kappa shape index (κ3) is 3.23. The maximum Gasteiger partial charge on any atom is 0.205 e. The Morgan fingerprint density at radius 1 is 1.56 bits per heavy atom. The van der Waals surface area contributed by atoms with Crippen molar-refractivity contribution in [2.24, 2.45) is 0 Å². The van der Waals surface area contributed by atoms with Crippen LogP contribution in [0.2, 0.25) is 0 Å². The fourth-order valence-corrected chi connectivity index (χ4v) is 2.44. The van der Waals surface area contributed by atoms with Crippen molar-refractivity contribution in [3.05, 3.63) is 11.9 Å². The Balaban J connectivity index is 2.05. The topological polar surface area (TPSA) is 42.3 Å². The molecule has 1 unspecified atom stereocenters. The Morgan fingerprint density at radius 2 is 2.39 bits per heavy atom. The number of methoxy groups -OCH3 is 1. The van der Waals surface area contributed by atoms with Crippen LogP contribution in [0.3, 0.4) is 0 Å². The second kappa shape index (κ2) is 6.20. The Kier molecular flexibility index (Phi) is 4.60. The molecule has 1 N–H and O–H groups in total. The third-order valence-corrected chi connectivity index (χ3v) is 3.28. The maximum absolute atomic E-state index is 5.12. The molecule has 0 aliphatic carbocycles. The Morgan fingerprint density at radius 3 is 3.11 bits per heavy atom. The van der Waals surface area contributed by atoms with Crippen LogP contribution in [0.5, 0.6) is 0 Å². The number of nitrogens with zero attached hydrogens (tertiary/aromatic N) is 3. The SMILES string of the molecule is COCCCn1cc(C)nc1N1CCNC(C)C1. The van der Waals surface area contributed by atoms with Gasteiger partial charge in [0.1, 0.15) is 0 Å². The average Bonchev–Trinajstić information content (AvgIpc) is 2.71. The predicted molar refractivity (Wildman–Crippen MR) is 73.1 cm³/mol. The van der Waals surface area contributed by atoms with E-state index in [1.807, 2.05) is 0 Å². The lowest BCUT2D eigenvalue weighted by molar-refractivity contribution is 0.190. The molecule has 1 aliphatic heterocycles. The zero-order valence-corrected chi connectivity index (χ0v) is 11.6. The number of anilines is 1. The van der Waals surface area contributed by atoms with Crippen molar-refractivity contribution in [3.63, 3.8) is 0 Å². The van der Waals surface area contributed by atoms with E-state index in [1.165, 1.54) is 0 Å². The van der Waals surface area contributed by atoms with Gasteiger partial charge in [-0.2, -0.15) is 0 Å². The third-order valence-electron chi connectivity index (χ3n) is 3.28. The average molecular weight is 252 g/mol. The fraction of sp³-hybridized carbons (Fsp3) is 0.769. The molecule has 5 nitrogen and oxygen atoms in total. The van der Waals surface area contributed by atoms with E-state index in [4.69, 9.17) is 4.74 Å². The van der Waals surface area contributed by atoms with Gasteiger partial charge in [-0.1, -0.05) is 0 Å². The number of imidazole rings is 1. The molecule has 102 valence electrons. The summed E-state index contributed by atoms with van der Waals surface area (Å²) in [5.74, 6) is 1.11. The van der Waals surface area contributed by atoms with Crippen LogP contribution >= 0.6 is 0 Å². The number of ether oxygens (including phenoxy) is 1. The van der Waals surface area contributed by atoms with E-state index in [-0.39, 0.29) is 0 Å².